The van der Waals surface area contributed by atoms with Gasteiger partial charge in [0.05, 0.1) is 24.5 Å². The van der Waals surface area contributed by atoms with Gasteiger partial charge in [0.15, 0.2) is 0 Å². The Morgan fingerprint density at radius 2 is 2.13 bits per heavy atom. The van der Waals surface area contributed by atoms with Crippen LogP contribution in [0, 0.1) is 12.8 Å². The van der Waals surface area contributed by atoms with Crippen LogP contribution >= 0.6 is 0 Å². The standard InChI is InChI=1S/C16H23NO5S/c1-4-22-16(18)13-6-5-9-17(11-13)23(19,20)15-8-7-14(21-3)10-12(15)2/h7-8,10,13H,4-6,9,11H2,1-3H3. The van der Waals surface area contributed by atoms with Crippen molar-refractivity contribution in [1.82, 2.24) is 4.31 Å². The van der Waals surface area contributed by atoms with Crippen molar-refractivity contribution in [2.45, 2.75) is 31.6 Å². The van der Waals surface area contributed by atoms with E-state index in [0.29, 0.717) is 37.3 Å². The lowest BCUT2D eigenvalue weighted by atomic mass is 10.0. The summed E-state index contributed by atoms with van der Waals surface area (Å²) < 4.78 is 37.3. The molecular formula is C16H23NO5S. The number of carbonyl (C=O) groups is 1. The first-order valence-electron chi connectivity index (χ1n) is 7.71. The Bertz CT molecular complexity index is 671. The first kappa shape index (κ1) is 17.7. The molecule has 128 valence electrons. The summed E-state index contributed by atoms with van der Waals surface area (Å²) in [7, 11) is -2.09. The van der Waals surface area contributed by atoms with Gasteiger partial charge >= 0.3 is 5.97 Å². The number of methoxy groups -OCH3 is 1. The summed E-state index contributed by atoms with van der Waals surface area (Å²) >= 11 is 0. The van der Waals surface area contributed by atoms with Gasteiger partial charge < -0.3 is 9.47 Å². The van der Waals surface area contributed by atoms with Crippen molar-refractivity contribution in [3.8, 4) is 5.75 Å². The number of sulfonamides is 1. The second kappa shape index (κ2) is 7.31. The van der Waals surface area contributed by atoms with Gasteiger partial charge in [0.2, 0.25) is 10.0 Å². The molecule has 0 spiro atoms. The van der Waals surface area contributed by atoms with Crippen molar-refractivity contribution in [2.24, 2.45) is 5.92 Å². The summed E-state index contributed by atoms with van der Waals surface area (Å²) in [5, 5.41) is 0. The van der Waals surface area contributed by atoms with Crippen molar-refractivity contribution in [2.75, 3.05) is 26.8 Å². The maximum atomic E-state index is 12.9. The fourth-order valence-electron chi connectivity index (χ4n) is 2.79. The van der Waals surface area contributed by atoms with Gasteiger partial charge in [-0.2, -0.15) is 4.31 Å². The maximum Gasteiger partial charge on any atom is 0.310 e. The first-order chi connectivity index (χ1) is 10.9. The maximum absolute atomic E-state index is 12.9. The average molecular weight is 341 g/mol. The number of rotatable bonds is 5. The predicted molar refractivity (Wildman–Crippen MR) is 85.8 cm³/mol. The largest absolute Gasteiger partial charge is 0.497 e. The van der Waals surface area contributed by atoms with Crippen LogP contribution in [-0.2, 0) is 19.6 Å². The highest BCUT2D eigenvalue weighted by atomic mass is 32.2. The molecule has 0 aliphatic carbocycles. The van der Waals surface area contributed by atoms with Crippen LogP contribution in [0.1, 0.15) is 25.3 Å². The van der Waals surface area contributed by atoms with Crippen LogP contribution < -0.4 is 4.74 Å². The second-order valence-electron chi connectivity index (χ2n) is 5.59. The molecule has 1 atom stereocenters. The third-order valence-electron chi connectivity index (χ3n) is 4.00. The van der Waals surface area contributed by atoms with Crippen LogP contribution in [0.5, 0.6) is 5.75 Å². The number of benzene rings is 1. The van der Waals surface area contributed by atoms with Gasteiger partial charge in [-0.25, -0.2) is 8.42 Å². The van der Waals surface area contributed by atoms with Crippen LogP contribution in [-0.4, -0.2) is 45.5 Å². The molecular weight excluding hydrogens is 318 g/mol. The van der Waals surface area contributed by atoms with E-state index in [1.807, 2.05) is 0 Å². The van der Waals surface area contributed by atoms with Crippen molar-refractivity contribution in [3.05, 3.63) is 23.8 Å². The summed E-state index contributed by atoms with van der Waals surface area (Å²) in [6.45, 7) is 4.38. The molecule has 7 heteroatoms. The van der Waals surface area contributed by atoms with Gasteiger partial charge in [-0.05, 0) is 50.5 Å². The highest BCUT2D eigenvalue weighted by Crippen LogP contribution is 2.28. The SMILES string of the molecule is CCOC(=O)C1CCCN(S(=O)(=O)c2ccc(OC)cc2C)C1. The van der Waals surface area contributed by atoms with Gasteiger partial charge in [0.25, 0.3) is 0 Å². The Kier molecular flexibility index (Phi) is 5.64. The van der Waals surface area contributed by atoms with E-state index in [1.54, 1.807) is 32.0 Å². The molecule has 0 saturated carbocycles. The molecule has 1 saturated heterocycles. The van der Waals surface area contributed by atoms with Gasteiger partial charge in [0, 0.05) is 13.1 Å². The number of nitrogens with zero attached hydrogens (tertiary/aromatic N) is 1. The Morgan fingerprint density at radius 3 is 2.74 bits per heavy atom. The van der Waals surface area contributed by atoms with Crippen molar-refractivity contribution >= 4 is 16.0 Å². The normalized spacial score (nSPS) is 19.3. The third-order valence-corrected chi connectivity index (χ3v) is 6.03. The molecule has 0 amide bonds. The highest BCUT2D eigenvalue weighted by Gasteiger charge is 2.34. The van der Waals surface area contributed by atoms with Crippen LogP contribution in [0.15, 0.2) is 23.1 Å². The zero-order chi connectivity index (χ0) is 17.0. The zero-order valence-corrected chi connectivity index (χ0v) is 14.6. The monoisotopic (exact) mass is 341 g/mol. The number of piperidine rings is 1. The number of hydrogen-bond donors (Lipinski definition) is 0. The summed E-state index contributed by atoms with van der Waals surface area (Å²) in [5.74, 6) is -0.0969. The zero-order valence-electron chi connectivity index (χ0n) is 13.7. The number of esters is 1. The second-order valence-corrected chi connectivity index (χ2v) is 7.49. The predicted octanol–water partition coefficient (Wildman–Crippen LogP) is 1.97. The van der Waals surface area contributed by atoms with Gasteiger partial charge in [0.1, 0.15) is 5.75 Å². The lowest BCUT2D eigenvalue weighted by Crippen LogP contribution is -2.42. The molecule has 1 aromatic rings. The van der Waals surface area contributed by atoms with E-state index in [4.69, 9.17) is 9.47 Å². The van der Waals surface area contributed by atoms with E-state index in [9.17, 15) is 13.2 Å². The van der Waals surface area contributed by atoms with E-state index >= 15 is 0 Å². The molecule has 1 aromatic carbocycles. The van der Waals surface area contributed by atoms with E-state index in [-0.39, 0.29) is 17.4 Å². The topological polar surface area (TPSA) is 72.9 Å². The smallest absolute Gasteiger partial charge is 0.310 e. The minimum absolute atomic E-state index is 0.173. The van der Waals surface area contributed by atoms with E-state index in [0.717, 1.165) is 0 Å². The third kappa shape index (κ3) is 3.84. The Morgan fingerprint density at radius 1 is 1.39 bits per heavy atom. The molecule has 1 fully saturated rings. The van der Waals surface area contributed by atoms with Gasteiger partial charge in [-0.15, -0.1) is 0 Å². The number of aryl methyl sites for hydroxylation is 1. The summed E-state index contributed by atoms with van der Waals surface area (Å²) in [6, 6.07) is 4.88. The summed E-state index contributed by atoms with van der Waals surface area (Å²) in [6.07, 6.45) is 1.31. The molecule has 23 heavy (non-hydrogen) atoms. The average Bonchev–Trinajstić information content (AvgIpc) is 2.54. The van der Waals surface area contributed by atoms with Crippen molar-refractivity contribution in [1.29, 1.82) is 0 Å². The Hall–Kier alpha value is -1.60. The van der Waals surface area contributed by atoms with Gasteiger partial charge in [-0.3, -0.25) is 4.79 Å². The van der Waals surface area contributed by atoms with Crippen LogP contribution in [0.25, 0.3) is 0 Å². The molecule has 6 nitrogen and oxygen atoms in total. The molecule has 1 heterocycles. The molecule has 1 aliphatic rings. The molecule has 1 unspecified atom stereocenters. The van der Waals surface area contributed by atoms with E-state index < -0.39 is 15.9 Å². The first-order valence-corrected chi connectivity index (χ1v) is 9.15. The van der Waals surface area contributed by atoms with Crippen LogP contribution in [0.2, 0.25) is 0 Å². The Balaban J connectivity index is 2.23. The van der Waals surface area contributed by atoms with Crippen molar-refractivity contribution < 1.29 is 22.7 Å². The highest BCUT2D eigenvalue weighted by molar-refractivity contribution is 7.89. The summed E-state index contributed by atoms with van der Waals surface area (Å²) in [4.78, 5) is 12.1. The molecule has 1 aliphatic heterocycles. The lowest BCUT2D eigenvalue weighted by molar-refractivity contribution is -0.149. The number of carbonyl (C=O) groups excluding carboxylic acids is 1. The molecule has 0 N–H and O–H groups in total. The van der Waals surface area contributed by atoms with Crippen LogP contribution in [0.4, 0.5) is 0 Å². The summed E-state index contributed by atoms with van der Waals surface area (Å²) in [5.41, 5.74) is 0.627. The lowest BCUT2D eigenvalue weighted by Gasteiger charge is -2.31. The fraction of sp³-hybridized carbons (Fsp3) is 0.562. The van der Waals surface area contributed by atoms with Crippen LogP contribution in [0.3, 0.4) is 0 Å². The van der Waals surface area contributed by atoms with E-state index in [2.05, 4.69) is 0 Å². The Labute approximate surface area is 137 Å². The molecule has 0 aromatic heterocycles. The minimum Gasteiger partial charge on any atom is -0.497 e. The molecule has 0 radical (unpaired) electrons. The quantitative estimate of drug-likeness (QED) is 0.766. The fourth-order valence-corrected chi connectivity index (χ4v) is 4.52. The van der Waals surface area contributed by atoms with E-state index in [1.165, 1.54) is 11.4 Å². The van der Waals surface area contributed by atoms with Gasteiger partial charge in [-0.1, -0.05) is 0 Å². The number of ether oxygens (including phenoxy) is 2. The minimum atomic E-state index is -3.63. The number of hydrogen-bond acceptors (Lipinski definition) is 5. The molecule has 0 bridgehead atoms. The van der Waals surface area contributed by atoms with Crippen molar-refractivity contribution in [3.63, 3.8) is 0 Å². The molecule has 2 rings (SSSR count).